The van der Waals surface area contributed by atoms with Gasteiger partial charge in [-0.1, -0.05) is 18.2 Å². The zero-order chi connectivity index (χ0) is 14.8. The van der Waals surface area contributed by atoms with Crippen LogP contribution < -0.4 is 5.32 Å². The second kappa shape index (κ2) is 5.52. The maximum Gasteiger partial charge on any atom is 0.125 e. The molecule has 0 aliphatic rings. The number of nitrogens with zero attached hydrogens (tertiary/aromatic N) is 1. The normalized spacial score (nSPS) is 10.8. The number of aromatic nitrogens is 1. The summed E-state index contributed by atoms with van der Waals surface area (Å²) < 4.78 is 13.3. The van der Waals surface area contributed by atoms with E-state index in [2.05, 4.69) is 28.5 Å². The number of fused-ring (bicyclic) bond motifs is 1. The number of benzene rings is 2. The molecular formula is C18H17FN2. The molecule has 21 heavy (non-hydrogen) atoms. The van der Waals surface area contributed by atoms with Crippen LogP contribution in [0.2, 0.25) is 0 Å². The fourth-order valence-corrected chi connectivity index (χ4v) is 2.37. The first-order chi connectivity index (χ1) is 10.1. The van der Waals surface area contributed by atoms with Gasteiger partial charge in [-0.2, -0.15) is 0 Å². The van der Waals surface area contributed by atoms with Gasteiger partial charge in [0.05, 0.1) is 5.52 Å². The van der Waals surface area contributed by atoms with Crippen molar-refractivity contribution >= 4 is 16.6 Å². The fraction of sp³-hybridized carbons (Fsp3) is 0.167. The van der Waals surface area contributed by atoms with Crippen LogP contribution in [0, 0.1) is 19.7 Å². The SMILES string of the molecule is Cc1ccc2cc(CNc3cc(F)ccc3C)ccc2n1. The molecule has 0 bridgehead atoms. The summed E-state index contributed by atoms with van der Waals surface area (Å²) in [6.07, 6.45) is 0. The molecule has 0 aliphatic heterocycles. The van der Waals surface area contributed by atoms with Crippen LogP contribution in [0.15, 0.2) is 48.5 Å². The number of rotatable bonds is 3. The molecule has 0 radical (unpaired) electrons. The average molecular weight is 280 g/mol. The van der Waals surface area contributed by atoms with Gasteiger partial charge in [0.15, 0.2) is 0 Å². The largest absolute Gasteiger partial charge is 0.381 e. The third-order valence-electron chi connectivity index (χ3n) is 3.58. The maximum absolute atomic E-state index is 13.3. The standard InChI is InChI=1S/C18H17FN2/c1-12-3-7-16(19)10-18(12)20-11-14-5-8-17-15(9-14)6-4-13(2)21-17/h3-10,20H,11H2,1-2H3. The third kappa shape index (κ3) is 3.02. The van der Waals surface area contributed by atoms with Crippen molar-refractivity contribution in [3.05, 3.63) is 71.2 Å². The number of hydrogen-bond acceptors (Lipinski definition) is 2. The van der Waals surface area contributed by atoms with Crippen LogP contribution in [-0.2, 0) is 6.54 Å². The molecule has 0 fully saturated rings. The molecule has 0 saturated carbocycles. The molecule has 106 valence electrons. The van der Waals surface area contributed by atoms with Crippen molar-refractivity contribution in [3.8, 4) is 0 Å². The molecule has 1 aromatic heterocycles. The lowest BCUT2D eigenvalue weighted by Crippen LogP contribution is -2.01. The van der Waals surface area contributed by atoms with Gasteiger partial charge in [0.2, 0.25) is 0 Å². The molecule has 3 rings (SSSR count). The number of anilines is 1. The number of halogens is 1. The van der Waals surface area contributed by atoms with E-state index in [1.165, 1.54) is 12.1 Å². The van der Waals surface area contributed by atoms with Crippen LogP contribution in [0.3, 0.4) is 0 Å². The smallest absolute Gasteiger partial charge is 0.125 e. The fourth-order valence-electron chi connectivity index (χ4n) is 2.37. The van der Waals surface area contributed by atoms with Crippen LogP contribution in [0.5, 0.6) is 0 Å². The second-order valence-electron chi connectivity index (χ2n) is 5.29. The van der Waals surface area contributed by atoms with Crippen molar-refractivity contribution in [2.75, 3.05) is 5.32 Å². The molecule has 0 spiro atoms. The Balaban J connectivity index is 1.82. The summed E-state index contributed by atoms with van der Waals surface area (Å²) in [6, 6.07) is 15.1. The molecule has 3 aromatic rings. The second-order valence-corrected chi connectivity index (χ2v) is 5.29. The summed E-state index contributed by atoms with van der Waals surface area (Å²) in [5.74, 6) is -0.221. The van der Waals surface area contributed by atoms with Crippen molar-refractivity contribution in [2.45, 2.75) is 20.4 Å². The molecule has 3 heteroatoms. The van der Waals surface area contributed by atoms with E-state index < -0.39 is 0 Å². The zero-order valence-corrected chi connectivity index (χ0v) is 12.2. The molecule has 2 nitrogen and oxygen atoms in total. The van der Waals surface area contributed by atoms with Gasteiger partial charge in [-0.3, -0.25) is 4.98 Å². The van der Waals surface area contributed by atoms with Crippen molar-refractivity contribution in [2.24, 2.45) is 0 Å². The van der Waals surface area contributed by atoms with Gasteiger partial charge in [0, 0.05) is 23.3 Å². The van der Waals surface area contributed by atoms with Crippen LogP contribution in [0.1, 0.15) is 16.8 Å². The van der Waals surface area contributed by atoms with Crippen molar-refractivity contribution in [3.63, 3.8) is 0 Å². The van der Waals surface area contributed by atoms with E-state index in [1.807, 2.05) is 26.0 Å². The Hall–Kier alpha value is -2.42. The number of hydrogen-bond donors (Lipinski definition) is 1. The average Bonchev–Trinajstić information content (AvgIpc) is 2.48. The highest BCUT2D eigenvalue weighted by Gasteiger charge is 2.02. The molecule has 1 heterocycles. The lowest BCUT2D eigenvalue weighted by molar-refractivity contribution is 0.628. The Bertz CT molecular complexity index is 796. The molecule has 2 aromatic carbocycles. The van der Waals surface area contributed by atoms with E-state index in [9.17, 15) is 4.39 Å². The quantitative estimate of drug-likeness (QED) is 0.758. The first-order valence-electron chi connectivity index (χ1n) is 6.98. The molecule has 1 N–H and O–H groups in total. The van der Waals surface area contributed by atoms with Crippen LogP contribution in [0.4, 0.5) is 10.1 Å². The summed E-state index contributed by atoms with van der Waals surface area (Å²) in [7, 11) is 0. The van der Waals surface area contributed by atoms with Gasteiger partial charge in [0.1, 0.15) is 5.82 Å². The summed E-state index contributed by atoms with van der Waals surface area (Å²) >= 11 is 0. The minimum absolute atomic E-state index is 0.221. The lowest BCUT2D eigenvalue weighted by atomic mass is 10.1. The van der Waals surface area contributed by atoms with Gasteiger partial charge < -0.3 is 5.32 Å². The first kappa shape index (κ1) is 13.6. The van der Waals surface area contributed by atoms with Crippen molar-refractivity contribution in [1.82, 2.24) is 4.98 Å². The zero-order valence-electron chi connectivity index (χ0n) is 12.2. The lowest BCUT2D eigenvalue weighted by Gasteiger charge is -2.10. The van der Waals surface area contributed by atoms with Gasteiger partial charge in [-0.05, 0) is 55.3 Å². The maximum atomic E-state index is 13.3. The Morgan fingerprint density at radius 2 is 1.86 bits per heavy atom. The molecule has 0 aliphatic carbocycles. The summed E-state index contributed by atoms with van der Waals surface area (Å²) in [4.78, 5) is 4.49. The summed E-state index contributed by atoms with van der Waals surface area (Å²) in [5.41, 5.74) is 5.04. The number of nitrogens with one attached hydrogen (secondary N) is 1. The van der Waals surface area contributed by atoms with Gasteiger partial charge >= 0.3 is 0 Å². The van der Waals surface area contributed by atoms with Crippen LogP contribution in [0.25, 0.3) is 10.9 Å². The van der Waals surface area contributed by atoms with Gasteiger partial charge in [-0.25, -0.2) is 4.39 Å². The molecule has 0 atom stereocenters. The van der Waals surface area contributed by atoms with Crippen molar-refractivity contribution < 1.29 is 4.39 Å². The third-order valence-corrected chi connectivity index (χ3v) is 3.58. The van der Waals surface area contributed by atoms with E-state index in [4.69, 9.17) is 0 Å². The van der Waals surface area contributed by atoms with Gasteiger partial charge in [0.25, 0.3) is 0 Å². The molecule has 0 amide bonds. The Morgan fingerprint density at radius 3 is 2.71 bits per heavy atom. The first-order valence-corrected chi connectivity index (χ1v) is 6.98. The number of aryl methyl sites for hydroxylation is 2. The molecule has 0 unspecified atom stereocenters. The summed E-state index contributed by atoms with van der Waals surface area (Å²) in [6.45, 7) is 4.62. The van der Waals surface area contributed by atoms with E-state index >= 15 is 0 Å². The van der Waals surface area contributed by atoms with E-state index in [1.54, 1.807) is 6.07 Å². The minimum Gasteiger partial charge on any atom is -0.381 e. The predicted molar refractivity (Wildman–Crippen MR) is 84.9 cm³/mol. The minimum atomic E-state index is -0.221. The highest BCUT2D eigenvalue weighted by molar-refractivity contribution is 5.79. The van der Waals surface area contributed by atoms with E-state index in [0.29, 0.717) is 6.54 Å². The van der Waals surface area contributed by atoms with E-state index in [-0.39, 0.29) is 5.82 Å². The number of pyridine rings is 1. The topological polar surface area (TPSA) is 24.9 Å². The molecule has 0 saturated heterocycles. The van der Waals surface area contributed by atoms with Crippen molar-refractivity contribution in [1.29, 1.82) is 0 Å². The van der Waals surface area contributed by atoms with Gasteiger partial charge in [-0.15, -0.1) is 0 Å². The predicted octanol–water partition coefficient (Wildman–Crippen LogP) is 4.60. The Labute approximate surface area is 123 Å². The highest BCUT2D eigenvalue weighted by Crippen LogP contribution is 2.19. The Kier molecular flexibility index (Phi) is 3.57. The van der Waals surface area contributed by atoms with Crippen LogP contribution >= 0.6 is 0 Å². The van der Waals surface area contributed by atoms with Crippen LogP contribution in [-0.4, -0.2) is 4.98 Å². The molecular weight excluding hydrogens is 263 g/mol. The summed E-state index contributed by atoms with van der Waals surface area (Å²) in [5, 5.41) is 4.41. The van der Waals surface area contributed by atoms with E-state index in [0.717, 1.165) is 33.4 Å². The highest BCUT2D eigenvalue weighted by atomic mass is 19.1. The Morgan fingerprint density at radius 1 is 1.00 bits per heavy atom. The monoisotopic (exact) mass is 280 g/mol.